The number of nitrogens with one attached hydrogen (secondary N) is 2. The zero-order valence-corrected chi connectivity index (χ0v) is 17.1. The number of aryl methyl sites for hydroxylation is 2. The molecule has 0 radical (unpaired) electrons. The first-order valence-corrected chi connectivity index (χ1v) is 9.52. The van der Waals surface area contributed by atoms with Crippen molar-refractivity contribution in [2.24, 2.45) is 0 Å². The fraction of sp³-hybridized carbons (Fsp3) is 0.238. The number of carbonyl (C=O) groups is 1. The molecule has 1 aromatic heterocycles. The Balaban J connectivity index is 1.71. The molecular formula is C21H20F2N6O2. The van der Waals surface area contributed by atoms with E-state index >= 15 is 0 Å². The maximum Gasteiger partial charge on any atom is 0.387 e. The molecule has 2 aromatic carbocycles. The summed E-state index contributed by atoms with van der Waals surface area (Å²) >= 11 is 0. The molecule has 0 spiro atoms. The number of halogens is 2. The van der Waals surface area contributed by atoms with Gasteiger partial charge in [0, 0.05) is 11.4 Å². The van der Waals surface area contributed by atoms with Gasteiger partial charge in [-0.05, 0) is 60.5 Å². The van der Waals surface area contributed by atoms with Gasteiger partial charge in [-0.25, -0.2) is 0 Å². The number of benzene rings is 2. The van der Waals surface area contributed by atoms with Crippen molar-refractivity contribution in [1.82, 2.24) is 20.2 Å². The van der Waals surface area contributed by atoms with Gasteiger partial charge in [-0.15, -0.1) is 0 Å². The molecule has 1 amide bonds. The van der Waals surface area contributed by atoms with E-state index in [-0.39, 0.29) is 11.7 Å². The van der Waals surface area contributed by atoms with Crippen molar-refractivity contribution in [3.05, 3.63) is 70.4 Å². The van der Waals surface area contributed by atoms with Crippen LogP contribution in [0.25, 0.3) is 0 Å². The molecule has 0 aliphatic carbocycles. The molecule has 0 saturated heterocycles. The Labute approximate surface area is 176 Å². The van der Waals surface area contributed by atoms with Gasteiger partial charge in [0.2, 0.25) is 5.95 Å². The third kappa shape index (κ3) is 4.09. The number of aromatic nitrogens is 4. The van der Waals surface area contributed by atoms with Gasteiger partial charge in [0.1, 0.15) is 11.8 Å². The first-order chi connectivity index (χ1) is 14.8. The number of hydrogen-bond donors (Lipinski definition) is 2. The van der Waals surface area contributed by atoms with Crippen LogP contribution in [0.3, 0.4) is 0 Å². The lowest BCUT2D eigenvalue weighted by Crippen LogP contribution is -2.31. The van der Waals surface area contributed by atoms with E-state index in [4.69, 9.17) is 0 Å². The summed E-state index contributed by atoms with van der Waals surface area (Å²) in [6.07, 6.45) is 0. The second-order valence-corrected chi connectivity index (χ2v) is 7.23. The van der Waals surface area contributed by atoms with Crippen LogP contribution in [0.1, 0.15) is 29.7 Å². The number of fused-ring (bicyclic) bond motifs is 1. The first kappa shape index (κ1) is 20.5. The van der Waals surface area contributed by atoms with Crippen LogP contribution in [0.4, 0.5) is 20.4 Å². The Kier molecular flexibility index (Phi) is 5.37. The highest BCUT2D eigenvalue weighted by Gasteiger charge is 2.34. The monoisotopic (exact) mass is 426 g/mol. The third-order valence-electron chi connectivity index (χ3n) is 5.01. The normalized spacial score (nSPS) is 15.5. The molecular weight excluding hydrogens is 406 g/mol. The van der Waals surface area contributed by atoms with Crippen molar-refractivity contribution in [2.75, 3.05) is 10.6 Å². The van der Waals surface area contributed by atoms with Crippen molar-refractivity contribution < 1.29 is 18.3 Å². The highest BCUT2D eigenvalue weighted by atomic mass is 19.3. The zero-order chi connectivity index (χ0) is 22.1. The van der Waals surface area contributed by atoms with Crippen molar-refractivity contribution in [3.63, 3.8) is 0 Å². The Morgan fingerprint density at radius 2 is 1.90 bits per heavy atom. The average Bonchev–Trinajstić information content (AvgIpc) is 3.17. The highest BCUT2D eigenvalue weighted by Crippen LogP contribution is 2.35. The smallest absolute Gasteiger partial charge is 0.387 e. The molecule has 0 fully saturated rings. The van der Waals surface area contributed by atoms with E-state index in [0.29, 0.717) is 28.5 Å². The summed E-state index contributed by atoms with van der Waals surface area (Å²) in [6, 6.07) is 11.1. The van der Waals surface area contributed by atoms with Crippen LogP contribution in [0.2, 0.25) is 0 Å². The summed E-state index contributed by atoms with van der Waals surface area (Å²) in [7, 11) is 0. The molecule has 8 nitrogen and oxygen atoms in total. The number of allylic oxidation sites excluding steroid dienone is 1. The molecule has 1 aliphatic heterocycles. The number of carbonyl (C=O) groups excluding carboxylic acids is 1. The Bertz CT molecular complexity index is 1160. The van der Waals surface area contributed by atoms with Gasteiger partial charge in [0.25, 0.3) is 5.91 Å². The maximum absolute atomic E-state index is 13.3. The molecule has 1 atom stereocenters. The molecule has 2 heterocycles. The van der Waals surface area contributed by atoms with Gasteiger partial charge < -0.3 is 15.4 Å². The Hall–Kier alpha value is -3.82. The maximum atomic E-state index is 13.3. The molecule has 0 saturated carbocycles. The van der Waals surface area contributed by atoms with Crippen LogP contribution in [0.5, 0.6) is 5.75 Å². The van der Waals surface area contributed by atoms with E-state index < -0.39 is 12.7 Å². The number of hydrogen-bond acceptors (Lipinski definition) is 6. The minimum absolute atomic E-state index is 0.0200. The first-order valence-electron chi connectivity index (χ1n) is 9.52. The minimum Gasteiger partial charge on any atom is -0.435 e. The highest BCUT2D eigenvalue weighted by molar-refractivity contribution is 6.06. The Morgan fingerprint density at radius 3 is 2.58 bits per heavy atom. The molecule has 4 rings (SSSR count). The number of ether oxygens (including phenoxy) is 1. The van der Waals surface area contributed by atoms with E-state index in [1.807, 2.05) is 32.0 Å². The molecule has 10 heteroatoms. The average molecular weight is 426 g/mol. The van der Waals surface area contributed by atoms with E-state index in [1.165, 1.54) is 16.8 Å². The van der Waals surface area contributed by atoms with Crippen LogP contribution < -0.4 is 15.4 Å². The summed E-state index contributed by atoms with van der Waals surface area (Å²) in [5.74, 6) is 0.0705. The van der Waals surface area contributed by atoms with Gasteiger partial charge >= 0.3 is 6.61 Å². The lowest BCUT2D eigenvalue weighted by molar-refractivity contribution is -0.113. The van der Waals surface area contributed by atoms with E-state index in [9.17, 15) is 13.6 Å². The van der Waals surface area contributed by atoms with E-state index in [2.05, 4.69) is 30.9 Å². The lowest BCUT2D eigenvalue weighted by Gasteiger charge is -2.28. The molecule has 0 bridgehead atoms. The van der Waals surface area contributed by atoms with Gasteiger partial charge in [0.05, 0.1) is 5.57 Å². The van der Waals surface area contributed by atoms with E-state index in [1.54, 1.807) is 19.1 Å². The number of nitrogens with zero attached hydrogens (tertiary/aromatic N) is 4. The summed E-state index contributed by atoms with van der Waals surface area (Å²) in [4.78, 5) is 13.3. The number of amides is 1. The zero-order valence-electron chi connectivity index (χ0n) is 17.1. The fourth-order valence-corrected chi connectivity index (χ4v) is 3.59. The minimum atomic E-state index is -2.92. The predicted octanol–water partition coefficient (Wildman–Crippen LogP) is 3.82. The van der Waals surface area contributed by atoms with Crippen molar-refractivity contribution in [2.45, 2.75) is 33.4 Å². The molecule has 31 heavy (non-hydrogen) atoms. The van der Waals surface area contributed by atoms with Gasteiger partial charge in [-0.2, -0.15) is 13.5 Å². The second-order valence-electron chi connectivity index (χ2n) is 7.23. The van der Waals surface area contributed by atoms with Gasteiger partial charge in [0.15, 0.2) is 0 Å². The number of anilines is 2. The third-order valence-corrected chi connectivity index (χ3v) is 5.01. The van der Waals surface area contributed by atoms with Crippen molar-refractivity contribution in [3.8, 4) is 5.75 Å². The number of alkyl halides is 2. The summed E-state index contributed by atoms with van der Waals surface area (Å²) in [6.45, 7) is 2.74. The van der Waals surface area contributed by atoms with Crippen LogP contribution in [-0.2, 0) is 4.79 Å². The van der Waals surface area contributed by atoms with Crippen LogP contribution in [-0.4, -0.2) is 32.7 Å². The summed E-state index contributed by atoms with van der Waals surface area (Å²) in [5.41, 5.74) is 4.35. The molecule has 3 aromatic rings. The van der Waals surface area contributed by atoms with Crippen LogP contribution in [0, 0.1) is 13.8 Å². The topological polar surface area (TPSA) is 94.0 Å². The molecule has 160 valence electrons. The standard InChI is InChI=1S/C21H20F2N6O2/c1-11-4-9-16(12(2)10-11)25-19(30)17-13(3)24-21-26-27-28-29(21)18(17)14-5-7-15(8-6-14)31-20(22)23/h4-10,18,20H,1-3H3,(H,25,30)(H,24,26,28)/t18-/m0/s1. The fourth-order valence-electron chi connectivity index (χ4n) is 3.59. The van der Waals surface area contributed by atoms with Crippen molar-refractivity contribution >= 4 is 17.5 Å². The van der Waals surface area contributed by atoms with Crippen molar-refractivity contribution in [1.29, 1.82) is 0 Å². The molecule has 0 unspecified atom stereocenters. The molecule has 1 aliphatic rings. The SMILES string of the molecule is CC1=C(C(=O)Nc2ccc(C)cc2C)[C@H](c2ccc(OC(F)F)cc2)n2nnnc2N1. The summed E-state index contributed by atoms with van der Waals surface area (Å²) < 4.78 is 30.9. The summed E-state index contributed by atoms with van der Waals surface area (Å²) in [5, 5.41) is 17.6. The van der Waals surface area contributed by atoms with Crippen LogP contribution >= 0.6 is 0 Å². The lowest BCUT2D eigenvalue weighted by atomic mass is 9.94. The van der Waals surface area contributed by atoms with Gasteiger partial charge in [-0.1, -0.05) is 34.9 Å². The van der Waals surface area contributed by atoms with Crippen LogP contribution in [0.15, 0.2) is 53.7 Å². The second kappa shape index (κ2) is 8.13. The quantitative estimate of drug-likeness (QED) is 0.644. The molecule has 2 N–H and O–H groups in total. The number of rotatable bonds is 5. The number of tetrazole rings is 1. The predicted molar refractivity (Wildman–Crippen MR) is 110 cm³/mol. The van der Waals surface area contributed by atoms with E-state index in [0.717, 1.165) is 11.1 Å². The Morgan fingerprint density at radius 1 is 1.16 bits per heavy atom. The van der Waals surface area contributed by atoms with Gasteiger partial charge in [-0.3, -0.25) is 4.79 Å². The largest absolute Gasteiger partial charge is 0.435 e.